The summed E-state index contributed by atoms with van der Waals surface area (Å²) in [6.45, 7) is 10.3. The molecule has 0 aromatic carbocycles. The Morgan fingerprint density at radius 3 is 2.65 bits per heavy atom. The third kappa shape index (κ3) is 6.74. The molecule has 128 valence electrons. The number of hydrogen-bond donors (Lipinski definition) is 1. The van der Waals surface area contributed by atoms with Crippen molar-refractivity contribution in [2.45, 2.75) is 46.3 Å². The third-order valence-corrected chi connectivity index (χ3v) is 3.21. The molecule has 1 aromatic heterocycles. The molecule has 1 N–H and O–H groups in total. The molecule has 0 aliphatic carbocycles. The van der Waals surface area contributed by atoms with E-state index in [1.165, 1.54) is 0 Å². The van der Waals surface area contributed by atoms with Gasteiger partial charge in [-0.1, -0.05) is 6.92 Å². The number of hydrogen-bond acceptors (Lipinski definition) is 4. The molecule has 0 spiro atoms. The number of aromatic nitrogens is 1. The summed E-state index contributed by atoms with van der Waals surface area (Å²) in [5, 5.41) is 12.2. The Morgan fingerprint density at radius 1 is 1.43 bits per heavy atom. The lowest BCUT2D eigenvalue weighted by Gasteiger charge is -2.27. The maximum Gasteiger partial charge on any atom is 0.410 e. The monoisotopic (exact) mass is 320 g/mol. The lowest BCUT2D eigenvalue weighted by molar-refractivity contribution is 0.0252. The van der Waals surface area contributed by atoms with Crippen molar-refractivity contribution in [2.24, 2.45) is 7.05 Å². The first-order valence-electron chi connectivity index (χ1n) is 8.00. The molecule has 0 aliphatic rings. The van der Waals surface area contributed by atoms with Crippen molar-refractivity contribution in [1.82, 2.24) is 14.8 Å². The van der Waals surface area contributed by atoms with Gasteiger partial charge in [0.25, 0.3) is 0 Å². The first-order chi connectivity index (χ1) is 10.8. The molecule has 1 heterocycles. The molecule has 6 heteroatoms. The molecule has 6 nitrogen and oxygen atoms in total. The van der Waals surface area contributed by atoms with Crippen LogP contribution in [-0.2, 0) is 18.3 Å². The van der Waals surface area contributed by atoms with Crippen molar-refractivity contribution in [3.8, 4) is 6.07 Å². The minimum atomic E-state index is -0.478. The van der Waals surface area contributed by atoms with Crippen LogP contribution in [0.2, 0.25) is 0 Å². The maximum absolute atomic E-state index is 12.1. The number of nitrogens with one attached hydrogen (secondary N) is 1. The van der Waals surface area contributed by atoms with Gasteiger partial charge in [0.05, 0.1) is 0 Å². The number of amides is 1. The van der Waals surface area contributed by atoms with Gasteiger partial charge < -0.3 is 19.5 Å². The Hall–Kier alpha value is -2.00. The van der Waals surface area contributed by atoms with Gasteiger partial charge in [0.15, 0.2) is 0 Å². The van der Waals surface area contributed by atoms with Gasteiger partial charge in [-0.3, -0.25) is 0 Å². The fourth-order valence-corrected chi connectivity index (χ4v) is 2.18. The summed E-state index contributed by atoms with van der Waals surface area (Å²) < 4.78 is 7.23. The number of rotatable bonds is 7. The summed E-state index contributed by atoms with van der Waals surface area (Å²) in [4.78, 5) is 13.9. The zero-order valence-corrected chi connectivity index (χ0v) is 14.8. The SMILES string of the molecule is CCCN(CCNCc1cc(C#N)n(C)c1)C(=O)OC(C)(C)C. The van der Waals surface area contributed by atoms with E-state index in [1.807, 2.05) is 47.0 Å². The predicted octanol–water partition coefficient (Wildman–Crippen LogP) is 2.63. The van der Waals surface area contributed by atoms with Gasteiger partial charge in [-0.05, 0) is 38.8 Å². The van der Waals surface area contributed by atoms with Crippen molar-refractivity contribution in [2.75, 3.05) is 19.6 Å². The van der Waals surface area contributed by atoms with Crippen LogP contribution < -0.4 is 5.32 Å². The van der Waals surface area contributed by atoms with Crippen LogP contribution >= 0.6 is 0 Å². The van der Waals surface area contributed by atoms with Gasteiger partial charge in [0.1, 0.15) is 17.4 Å². The number of aryl methyl sites for hydroxylation is 1. The van der Waals surface area contributed by atoms with E-state index in [-0.39, 0.29) is 6.09 Å². The van der Waals surface area contributed by atoms with Crippen LogP contribution in [0.1, 0.15) is 45.4 Å². The van der Waals surface area contributed by atoms with Crippen LogP contribution in [0.4, 0.5) is 4.79 Å². The Morgan fingerprint density at radius 2 is 2.13 bits per heavy atom. The average molecular weight is 320 g/mol. The topological polar surface area (TPSA) is 70.3 Å². The minimum absolute atomic E-state index is 0.271. The average Bonchev–Trinajstić information content (AvgIpc) is 2.80. The first-order valence-corrected chi connectivity index (χ1v) is 8.00. The van der Waals surface area contributed by atoms with Crippen LogP contribution in [0.5, 0.6) is 0 Å². The summed E-state index contributed by atoms with van der Waals surface area (Å²) in [7, 11) is 1.85. The second kappa shape index (κ2) is 8.59. The van der Waals surface area contributed by atoms with E-state index >= 15 is 0 Å². The van der Waals surface area contributed by atoms with Crippen LogP contribution in [0, 0.1) is 11.3 Å². The van der Waals surface area contributed by atoms with Gasteiger partial charge in [0.2, 0.25) is 0 Å². The summed E-state index contributed by atoms with van der Waals surface area (Å²) in [5.41, 5.74) is 1.22. The van der Waals surface area contributed by atoms with Crippen LogP contribution in [0.15, 0.2) is 12.3 Å². The first kappa shape index (κ1) is 19.0. The molecule has 0 aliphatic heterocycles. The Labute approximate surface area is 139 Å². The molecule has 1 rings (SSSR count). The molecule has 0 bridgehead atoms. The summed E-state index contributed by atoms with van der Waals surface area (Å²) >= 11 is 0. The smallest absolute Gasteiger partial charge is 0.410 e. The molecular weight excluding hydrogens is 292 g/mol. The zero-order chi connectivity index (χ0) is 17.5. The quantitative estimate of drug-likeness (QED) is 0.784. The molecule has 1 aromatic rings. The summed E-state index contributed by atoms with van der Waals surface area (Å²) in [6.07, 6.45) is 2.56. The number of ether oxygens (including phenoxy) is 1. The molecular formula is C17H28N4O2. The molecule has 0 saturated carbocycles. The standard InChI is InChI=1S/C17H28N4O2/c1-6-8-21(16(22)23-17(2,3)4)9-7-19-12-14-10-15(11-18)20(5)13-14/h10,13,19H,6-9,12H2,1-5H3. The van der Waals surface area contributed by atoms with Crippen molar-refractivity contribution in [3.05, 3.63) is 23.5 Å². The molecule has 0 atom stereocenters. The number of nitrogens with zero attached hydrogens (tertiary/aromatic N) is 3. The largest absolute Gasteiger partial charge is 0.444 e. The molecule has 0 radical (unpaired) electrons. The zero-order valence-electron chi connectivity index (χ0n) is 14.8. The highest BCUT2D eigenvalue weighted by Gasteiger charge is 2.21. The van der Waals surface area contributed by atoms with E-state index in [0.717, 1.165) is 12.0 Å². The number of carbonyl (C=O) groups excluding carboxylic acids is 1. The van der Waals surface area contributed by atoms with Gasteiger partial charge in [-0.25, -0.2) is 4.79 Å². The number of nitriles is 1. The van der Waals surface area contributed by atoms with Crippen molar-refractivity contribution < 1.29 is 9.53 Å². The number of carbonyl (C=O) groups is 1. The van der Waals surface area contributed by atoms with E-state index in [9.17, 15) is 4.79 Å². The molecule has 0 saturated heterocycles. The van der Waals surface area contributed by atoms with Gasteiger partial charge in [0, 0.05) is 39.4 Å². The Kier molecular flexibility index (Phi) is 7.11. The van der Waals surface area contributed by atoms with Crippen molar-refractivity contribution in [3.63, 3.8) is 0 Å². The lowest BCUT2D eigenvalue weighted by Crippen LogP contribution is -2.40. The second-order valence-corrected chi connectivity index (χ2v) is 6.60. The van der Waals surface area contributed by atoms with Gasteiger partial charge in [-0.15, -0.1) is 0 Å². The summed E-state index contributed by atoms with van der Waals surface area (Å²) in [5.74, 6) is 0. The molecule has 23 heavy (non-hydrogen) atoms. The van der Waals surface area contributed by atoms with Crippen molar-refractivity contribution in [1.29, 1.82) is 5.26 Å². The minimum Gasteiger partial charge on any atom is -0.444 e. The van der Waals surface area contributed by atoms with Gasteiger partial charge >= 0.3 is 6.09 Å². The lowest BCUT2D eigenvalue weighted by atomic mass is 10.2. The van der Waals surface area contributed by atoms with Gasteiger partial charge in [-0.2, -0.15) is 5.26 Å². The van der Waals surface area contributed by atoms with Crippen LogP contribution in [0.3, 0.4) is 0 Å². The van der Waals surface area contributed by atoms with Crippen LogP contribution in [-0.4, -0.2) is 40.8 Å². The summed E-state index contributed by atoms with van der Waals surface area (Å²) in [6, 6.07) is 4.01. The highest BCUT2D eigenvalue weighted by Crippen LogP contribution is 2.10. The van der Waals surface area contributed by atoms with Crippen LogP contribution in [0.25, 0.3) is 0 Å². The van der Waals surface area contributed by atoms with E-state index in [2.05, 4.69) is 11.4 Å². The van der Waals surface area contributed by atoms with E-state index in [1.54, 1.807) is 9.47 Å². The third-order valence-electron chi connectivity index (χ3n) is 3.21. The second-order valence-electron chi connectivity index (χ2n) is 6.60. The van der Waals surface area contributed by atoms with E-state index in [0.29, 0.717) is 31.9 Å². The molecule has 0 fully saturated rings. The van der Waals surface area contributed by atoms with E-state index < -0.39 is 5.60 Å². The molecule has 1 amide bonds. The maximum atomic E-state index is 12.1. The fourth-order valence-electron chi connectivity index (χ4n) is 2.18. The highest BCUT2D eigenvalue weighted by molar-refractivity contribution is 5.68. The fraction of sp³-hybridized carbons (Fsp3) is 0.647. The normalized spacial score (nSPS) is 11.1. The van der Waals surface area contributed by atoms with E-state index in [4.69, 9.17) is 10.00 Å². The highest BCUT2D eigenvalue weighted by atomic mass is 16.6. The predicted molar refractivity (Wildman–Crippen MR) is 89.9 cm³/mol. The molecule has 0 unspecified atom stereocenters. The Balaban J connectivity index is 2.43. The Bertz CT molecular complexity index is 552. The van der Waals surface area contributed by atoms with Crippen molar-refractivity contribution >= 4 is 6.09 Å².